The topological polar surface area (TPSA) is 58.6 Å². The van der Waals surface area contributed by atoms with Crippen LogP contribution < -0.4 is 5.32 Å². The second kappa shape index (κ2) is 8.17. The lowest BCUT2D eigenvalue weighted by Crippen LogP contribution is -2.50. The van der Waals surface area contributed by atoms with Crippen molar-refractivity contribution >= 4 is 27.9 Å². The number of carbonyl (C=O) groups is 2. The minimum absolute atomic E-state index is 0.0403. The summed E-state index contributed by atoms with van der Waals surface area (Å²) in [5, 5.41) is 2.71. The quantitative estimate of drug-likeness (QED) is 0.809. The molecule has 0 aliphatic carbocycles. The first-order chi connectivity index (χ1) is 11.7. The van der Waals surface area contributed by atoms with Gasteiger partial charge in [-0.25, -0.2) is 9.18 Å². The van der Waals surface area contributed by atoms with Crippen LogP contribution >= 0.6 is 15.9 Å². The van der Waals surface area contributed by atoms with Crippen molar-refractivity contribution < 1.29 is 18.7 Å². The van der Waals surface area contributed by atoms with Gasteiger partial charge in [0.15, 0.2) is 0 Å². The van der Waals surface area contributed by atoms with Crippen LogP contribution in [0, 0.1) is 5.82 Å². The molecular formula is C18H24BrFN2O3. The van der Waals surface area contributed by atoms with Crippen LogP contribution in [0.15, 0.2) is 22.7 Å². The molecule has 7 heteroatoms. The predicted molar refractivity (Wildman–Crippen MR) is 97.0 cm³/mol. The van der Waals surface area contributed by atoms with Gasteiger partial charge in [-0.15, -0.1) is 0 Å². The van der Waals surface area contributed by atoms with E-state index < -0.39 is 17.5 Å². The summed E-state index contributed by atoms with van der Waals surface area (Å²) in [6, 6.07) is 4.15. The van der Waals surface area contributed by atoms with Crippen molar-refractivity contribution in [1.29, 1.82) is 0 Å². The Kier molecular flexibility index (Phi) is 6.43. The van der Waals surface area contributed by atoms with Crippen LogP contribution in [-0.2, 0) is 4.74 Å². The molecule has 2 rings (SSSR count). The number of rotatable bonds is 3. The highest BCUT2D eigenvalue weighted by molar-refractivity contribution is 9.10. The summed E-state index contributed by atoms with van der Waals surface area (Å²) in [7, 11) is 0. The molecule has 0 radical (unpaired) electrons. The molecule has 0 bridgehead atoms. The second-order valence-electron chi connectivity index (χ2n) is 7.16. The van der Waals surface area contributed by atoms with E-state index in [1.54, 1.807) is 31.7 Å². The molecule has 2 amide bonds. The Labute approximate surface area is 156 Å². The first kappa shape index (κ1) is 19.7. The average Bonchev–Trinajstić information content (AvgIpc) is 2.53. The highest BCUT2D eigenvalue weighted by atomic mass is 79.9. The van der Waals surface area contributed by atoms with Gasteiger partial charge in [0.1, 0.15) is 11.4 Å². The van der Waals surface area contributed by atoms with E-state index in [4.69, 9.17) is 4.74 Å². The maximum Gasteiger partial charge on any atom is 0.407 e. The second-order valence-corrected chi connectivity index (χ2v) is 8.07. The number of benzene rings is 1. The third-order valence-corrected chi connectivity index (χ3v) is 4.42. The Bertz CT molecular complexity index is 646. The van der Waals surface area contributed by atoms with Gasteiger partial charge in [-0.05, 0) is 58.2 Å². The van der Waals surface area contributed by atoms with E-state index in [0.29, 0.717) is 11.0 Å². The minimum atomic E-state index is -0.578. The average molecular weight is 415 g/mol. The molecule has 1 N–H and O–H groups in total. The number of nitrogens with zero attached hydrogens (tertiary/aromatic N) is 1. The lowest BCUT2D eigenvalue weighted by atomic mass is 10.0. The molecule has 0 saturated carbocycles. The highest BCUT2D eigenvalue weighted by Crippen LogP contribution is 2.23. The zero-order valence-corrected chi connectivity index (χ0v) is 16.4. The maximum absolute atomic E-state index is 14.0. The molecule has 1 unspecified atom stereocenters. The van der Waals surface area contributed by atoms with Crippen LogP contribution in [-0.4, -0.2) is 41.6 Å². The van der Waals surface area contributed by atoms with E-state index >= 15 is 0 Å². The first-order valence-electron chi connectivity index (χ1n) is 8.40. The lowest BCUT2D eigenvalue weighted by molar-refractivity contribution is 0.0461. The molecule has 138 valence electrons. The third-order valence-electron chi connectivity index (χ3n) is 3.93. The van der Waals surface area contributed by atoms with Gasteiger partial charge in [0.05, 0.1) is 5.56 Å². The van der Waals surface area contributed by atoms with Crippen LogP contribution in [0.3, 0.4) is 0 Å². The van der Waals surface area contributed by atoms with E-state index in [2.05, 4.69) is 21.2 Å². The zero-order valence-electron chi connectivity index (χ0n) is 14.8. The van der Waals surface area contributed by atoms with Gasteiger partial charge in [0.2, 0.25) is 0 Å². The number of hydrogen-bond acceptors (Lipinski definition) is 3. The molecule has 1 aliphatic heterocycles. The van der Waals surface area contributed by atoms with Gasteiger partial charge in [-0.1, -0.05) is 15.9 Å². The van der Waals surface area contributed by atoms with Crippen LogP contribution in [0.1, 0.15) is 50.4 Å². The van der Waals surface area contributed by atoms with Gasteiger partial charge in [0, 0.05) is 23.6 Å². The van der Waals surface area contributed by atoms with Crippen molar-refractivity contribution in [3.63, 3.8) is 0 Å². The van der Waals surface area contributed by atoms with E-state index in [1.165, 1.54) is 12.1 Å². The Hall–Kier alpha value is -1.63. The number of nitrogens with one attached hydrogen (secondary N) is 1. The SMILES string of the molecule is CC(C)(C)OC(=O)NCC1CCCCN1C(=O)c1cc(Br)ccc1F. The molecule has 1 saturated heterocycles. The number of likely N-dealkylation sites (tertiary alicyclic amines) is 1. The smallest absolute Gasteiger partial charge is 0.407 e. The predicted octanol–water partition coefficient (Wildman–Crippen LogP) is 4.11. The van der Waals surface area contributed by atoms with Gasteiger partial charge in [-0.2, -0.15) is 0 Å². The van der Waals surface area contributed by atoms with Gasteiger partial charge in [-0.3, -0.25) is 4.79 Å². The molecule has 1 fully saturated rings. The van der Waals surface area contributed by atoms with Gasteiger partial charge >= 0.3 is 6.09 Å². The Morgan fingerprint density at radius 3 is 2.76 bits per heavy atom. The summed E-state index contributed by atoms with van der Waals surface area (Å²) in [6.07, 6.45) is 2.08. The normalized spacial score (nSPS) is 18.0. The van der Waals surface area contributed by atoms with Gasteiger partial charge < -0.3 is 15.0 Å². The zero-order chi connectivity index (χ0) is 18.6. The van der Waals surface area contributed by atoms with E-state index in [0.717, 1.165) is 19.3 Å². The van der Waals surface area contributed by atoms with E-state index in [-0.39, 0.29) is 24.1 Å². The number of amides is 2. The van der Waals surface area contributed by atoms with Crippen LogP contribution in [0.4, 0.5) is 9.18 Å². The number of hydrogen-bond donors (Lipinski definition) is 1. The fourth-order valence-electron chi connectivity index (χ4n) is 2.81. The third kappa shape index (κ3) is 5.70. The van der Waals surface area contributed by atoms with Crippen LogP contribution in [0.25, 0.3) is 0 Å². The number of ether oxygens (including phenoxy) is 1. The van der Waals surface area contributed by atoms with E-state index in [1.807, 2.05) is 0 Å². The molecular weight excluding hydrogens is 391 g/mol. The summed E-state index contributed by atoms with van der Waals surface area (Å²) >= 11 is 3.27. The molecule has 1 heterocycles. The molecule has 1 atom stereocenters. The van der Waals surface area contributed by atoms with Crippen molar-refractivity contribution in [2.45, 2.75) is 51.7 Å². The number of piperidine rings is 1. The highest BCUT2D eigenvalue weighted by Gasteiger charge is 2.29. The summed E-state index contributed by atoms with van der Waals surface area (Å²) in [4.78, 5) is 26.3. The fraction of sp³-hybridized carbons (Fsp3) is 0.556. The molecule has 1 aliphatic rings. The largest absolute Gasteiger partial charge is 0.444 e. The van der Waals surface area contributed by atoms with Gasteiger partial charge in [0.25, 0.3) is 5.91 Å². The molecule has 1 aromatic carbocycles. The fourth-order valence-corrected chi connectivity index (χ4v) is 3.17. The summed E-state index contributed by atoms with van der Waals surface area (Å²) in [6.45, 7) is 6.21. The molecule has 0 spiro atoms. The van der Waals surface area contributed by atoms with Crippen molar-refractivity contribution in [2.24, 2.45) is 0 Å². The maximum atomic E-state index is 14.0. The Morgan fingerprint density at radius 1 is 1.36 bits per heavy atom. The monoisotopic (exact) mass is 414 g/mol. The summed E-state index contributed by atoms with van der Waals surface area (Å²) in [5.74, 6) is -0.896. The molecule has 0 aromatic heterocycles. The minimum Gasteiger partial charge on any atom is -0.444 e. The van der Waals surface area contributed by atoms with Crippen LogP contribution in [0.5, 0.6) is 0 Å². The molecule has 25 heavy (non-hydrogen) atoms. The van der Waals surface area contributed by atoms with Crippen LogP contribution in [0.2, 0.25) is 0 Å². The summed E-state index contributed by atoms with van der Waals surface area (Å²) in [5.41, 5.74) is -0.537. The van der Waals surface area contributed by atoms with Crippen molar-refractivity contribution in [2.75, 3.05) is 13.1 Å². The van der Waals surface area contributed by atoms with Crippen molar-refractivity contribution in [3.8, 4) is 0 Å². The number of halogens is 2. The molecule has 1 aromatic rings. The number of alkyl carbamates (subject to hydrolysis) is 1. The van der Waals surface area contributed by atoms with Crippen molar-refractivity contribution in [3.05, 3.63) is 34.1 Å². The standard InChI is InChI=1S/C18H24BrFN2O3/c1-18(2,3)25-17(24)21-11-13-6-4-5-9-22(13)16(23)14-10-12(19)7-8-15(14)20/h7-8,10,13H,4-6,9,11H2,1-3H3,(H,21,24). The van der Waals surface area contributed by atoms with Crippen molar-refractivity contribution in [1.82, 2.24) is 10.2 Å². The lowest BCUT2D eigenvalue weighted by Gasteiger charge is -2.36. The first-order valence-corrected chi connectivity index (χ1v) is 9.19. The Balaban J connectivity index is 2.06. The Morgan fingerprint density at radius 2 is 2.08 bits per heavy atom. The molecule has 5 nitrogen and oxygen atoms in total. The summed E-state index contributed by atoms with van der Waals surface area (Å²) < 4.78 is 19.9. The van der Waals surface area contributed by atoms with E-state index in [9.17, 15) is 14.0 Å². The number of carbonyl (C=O) groups excluding carboxylic acids is 2.